The second kappa shape index (κ2) is 16.9. The van der Waals surface area contributed by atoms with E-state index >= 15 is 0 Å². The largest absolute Gasteiger partial charge is 0.495 e. The number of aromatic nitrogens is 2. The summed E-state index contributed by atoms with van der Waals surface area (Å²) >= 11 is 0. The van der Waals surface area contributed by atoms with E-state index in [1.807, 2.05) is 18.2 Å². The highest BCUT2D eigenvalue weighted by Crippen LogP contribution is 2.42. The molecule has 276 valence electrons. The fourth-order valence-electron chi connectivity index (χ4n) is 7.02. The number of carbonyl (C=O) groups is 2. The maximum Gasteiger partial charge on any atom is 0.303 e. The molecule has 0 spiro atoms. The minimum absolute atomic E-state index is 0.0668. The Balaban J connectivity index is 1.14. The summed E-state index contributed by atoms with van der Waals surface area (Å²) in [7, 11) is 4.17. The van der Waals surface area contributed by atoms with E-state index in [1.165, 1.54) is 26.6 Å². The van der Waals surface area contributed by atoms with Crippen LogP contribution >= 0.6 is 0 Å². The average molecular weight is 714 g/mol. The first-order valence-corrected chi connectivity index (χ1v) is 17.0. The second-order valence-electron chi connectivity index (χ2n) is 13.0. The lowest BCUT2D eigenvalue weighted by molar-refractivity contribution is -0.138. The van der Waals surface area contributed by atoms with Gasteiger partial charge in [-0.05, 0) is 69.2 Å². The highest BCUT2D eigenvalue weighted by molar-refractivity contribution is 5.68. The number of anilines is 3. The Kier molecular flexibility index (Phi) is 12.3. The molecule has 5 rings (SSSR count). The van der Waals surface area contributed by atoms with Crippen LogP contribution < -0.4 is 29.2 Å². The van der Waals surface area contributed by atoms with Crippen molar-refractivity contribution in [1.29, 1.82) is 0 Å². The van der Waals surface area contributed by atoms with E-state index in [9.17, 15) is 28.6 Å². The summed E-state index contributed by atoms with van der Waals surface area (Å²) in [4.78, 5) is 35.9. The van der Waals surface area contributed by atoms with Crippen molar-refractivity contribution in [2.75, 3.05) is 57.7 Å². The molecule has 15 heteroatoms. The third-order valence-electron chi connectivity index (χ3n) is 10.0. The highest BCUT2D eigenvalue weighted by Gasteiger charge is 2.37. The van der Waals surface area contributed by atoms with E-state index in [2.05, 4.69) is 25.1 Å². The smallest absolute Gasteiger partial charge is 0.303 e. The number of hydrogen-bond donors (Lipinski definition) is 3. The standard InChI is InChI=1S/C36H45F2N5O8/c1-48-28-18-23(41-35-39-20-25(21-40-35)51-22-26-33(37)29(49-2)19-30(50-3)34(26)38)4-5-27(28)43-14-8-24(9-15-43)42-16-12-36(13-17-42,10-6-31(44)45)11-7-32(46)47/h4-5,18-21,24H,6-17,22H2,1-3H3,(H,44,45)(H,46,47)(H,39,40,41). The van der Waals surface area contributed by atoms with E-state index in [1.54, 1.807) is 7.11 Å². The molecule has 2 fully saturated rings. The summed E-state index contributed by atoms with van der Waals surface area (Å²) in [5, 5.41) is 21.6. The van der Waals surface area contributed by atoms with Crippen molar-refractivity contribution in [3.8, 4) is 23.0 Å². The zero-order valence-corrected chi connectivity index (χ0v) is 29.1. The van der Waals surface area contributed by atoms with E-state index in [0.29, 0.717) is 30.3 Å². The number of carboxylic acid groups (broad SMARTS) is 2. The number of hydrogen-bond acceptors (Lipinski definition) is 11. The van der Waals surface area contributed by atoms with E-state index < -0.39 is 30.2 Å². The van der Waals surface area contributed by atoms with Gasteiger partial charge in [-0.3, -0.25) is 9.59 Å². The van der Waals surface area contributed by atoms with Gasteiger partial charge in [0, 0.05) is 49.8 Å². The Bertz CT molecular complexity index is 1610. The first-order valence-electron chi connectivity index (χ1n) is 17.0. The molecule has 2 aliphatic rings. The van der Waals surface area contributed by atoms with Crippen LogP contribution in [0.1, 0.15) is 56.9 Å². The number of carboxylic acids is 2. The molecule has 0 unspecified atom stereocenters. The maximum absolute atomic E-state index is 14.7. The average Bonchev–Trinajstić information content (AvgIpc) is 3.14. The van der Waals surface area contributed by atoms with Gasteiger partial charge in [0.15, 0.2) is 28.9 Å². The number of rotatable bonds is 16. The summed E-state index contributed by atoms with van der Waals surface area (Å²) in [6.07, 6.45) is 7.52. The molecule has 0 atom stereocenters. The first-order chi connectivity index (χ1) is 24.5. The minimum atomic E-state index is -0.882. The normalized spacial score (nSPS) is 16.4. The van der Waals surface area contributed by atoms with Crippen molar-refractivity contribution in [3.63, 3.8) is 0 Å². The molecule has 2 aliphatic heterocycles. The molecule has 0 bridgehead atoms. The summed E-state index contributed by atoms with van der Waals surface area (Å²) in [5.74, 6) is -2.59. The number of methoxy groups -OCH3 is 3. The molecule has 3 heterocycles. The molecular weight excluding hydrogens is 668 g/mol. The number of piperidine rings is 2. The molecule has 0 saturated carbocycles. The zero-order valence-electron chi connectivity index (χ0n) is 29.1. The number of benzene rings is 2. The highest BCUT2D eigenvalue weighted by atomic mass is 19.1. The lowest BCUT2D eigenvalue weighted by Gasteiger charge is -2.46. The maximum atomic E-state index is 14.7. The number of nitrogens with zero attached hydrogens (tertiary/aromatic N) is 4. The van der Waals surface area contributed by atoms with Gasteiger partial charge in [-0.2, -0.15) is 0 Å². The fraction of sp³-hybridized carbons (Fsp3) is 0.500. The molecule has 0 radical (unpaired) electrons. The van der Waals surface area contributed by atoms with Crippen LogP contribution in [0.25, 0.3) is 0 Å². The quantitative estimate of drug-likeness (QED) is 0.162. The first kappa shape index (κ1) is 37.3. The Morgan fingerprint density at radius 3 is 1.96 bits per heavy atom. The van der Waals surface area contributed by atoms with Crippen LogP contribution in [0.3, 0.4) is 0 Å². The Labute approximate surface area is 295 Å². The molecule has 13 nitrogen and oxygen atoms in total. The van der Waals surface area contributed by atoms with Crippen molar-refractivity contribution in [2.45, 2.75) is 64.0 Å². The third-order valence-corrected chi connectivity index (χ3v) is 10.0. The number of nitrogens with one attached hydrogen (secondary N) is 1. The molecule has 0 amide bonds. The van der Waals surface area contributed by atoms with Gasteiger partial charge in [0.2, 0.25) is 5.95 Å². The van der Waals surface area contributed by atoms with Crippen LogP contribution in [0.2, 0.25) is 0 Å². The van der Waals surface area contributed by atoms with Gasteiger partial charge >= 0.3 is 11.9 Å². The Morgan fingerprint density at radius 2 is 1.43 bits per heavy atom. The minimum Gasteiger partial charge on any atom is -0.495 e. The van der Waals surface area contributed by atoms with E-state index in [4.69, 9.17) is 18.9 Å². The van der Waals surface area contributed by atoms with E-state index in [-0.39, 0.29) is 47.0 Å². The van der Waals surface area contributed by atoms with Crippen LogP contribution in [0.5, 0.6) is 23.0 Å². The molecule has 3 N–H and O–H groups in total. The van der Waals surface area contributed by atoms with Crippen LogP contribution in [0.4, 0.5) is 26.1 Å². The summed E-state index contributed by atoms with van der Waals surface area (Å²) in [6.45, 7) is 2.94. The fourth-order valence-corrected chi connectivity index (χ4v) is 7.02. The number of ether oxygens (including phenoxy) is 4. The van der Waals surface area contributed by atoms with Crippen molar-refractivity contribution in [1.82, 2.24) is 14.9 Å². The van der Waals surface area contributed by atoms with Crippen molar-refractivity contribution >= 4 is 29.3 Å². The Hall–Kier alpha value is -4.92. The van der Waals surface area contributed by atoms with E-state index in [0.717, 1.165) is 63.6 Å². The van der Waals surface area contributed by atoms with Crippen LogP contribution in [-0.2, 0) is 16.2 Å². The zero-order chi connectivity index (χ0) is 36.5. The van der Waals surface area contributed by atoms with Crippen molar-refractivity contribution in [2.24, 2.45) is 5.41 Å². The molecule has 0 aliphatic carbocycles. The van der Waals surface area contributed by atoms with Crippen molar-refractivity contribution < 1.29 is 47.5 Å². The van der Waals surface area contributed by atoms with Gasteiger partial charge in [0.05, 0.1) is 45.0 Å². The number of likely N-dealkylation sites (tertiary alicyclic amines) is 1. The lowest BCUT2D eigenvalue weighted by Crippen LogP contribution is -2.50. The van der Waals surface area contributed by atoms with Crippen LogP contribution in [0, 0.1) is 17.0 Å². The molecule has 51 heavy (non-hydrogen) atoms. The SMILES string of the molecule is COc1cc(Nc2ncc(OCc3c(F)c(OC)cc(OC)c3F)cn2)ccc1N1CCC(N2CCC(CCC(=O)O)(CCC(=O)O)CC2)CC1. The number of aliphatic carboxylic acids is 2. The molecular formula is C36H45F2N5O8. The van der Waals surface area contributed by atoms with Crippen molar-refractivity contribution in [3.05, 3.63) is 53.9 Å². The van der Waals surface area contributed by atoms with Gasteiger partial charge in [-0.15, -0.1) is 0 Å². The third kappa shape index (κ3) is 9.25. The molecule has 2 aromatic carbocycles. The number of halogens is 2. The van der Waals surface area contributed by atoms with Gasteiger partial charge in [0.1, 0.15) is 12.4 Å². The second-order valence-corrected chi connectivity index (χ2v) is 13.0. The lowest BCUT2D eigenvalue weighted by atomic mass is 9.71. The Morgan fingerprint density at radius 1 is 0.863 bits per heavy atom. The topological polar surface area (TPSA) is 156 Å². The summed E-state index contributed by atoms with van der Waals surface area (Å²) in [5.41, 5.74) is 1.10. The van der Waals surface area contributed by atoms with Crippen LogP contribution in [0.15, 0.2) is 36.7 Å². The molecule has 3 aromatic rings. The van der Waals surface area contributed by atoms with Gasteiger partial charge in [0.25, 0.3) is 0 Å². The summed E-state index contributed by atoms with van der Waals surface area (Å²) < 4.78 is 50.6. The van der Waals surface area contributed by atoms with Gasteiger partial charge < -0.3 is 44.3 Å². The molecule has 1 aromatic heterocycles. The van der Waals surface area contributed by atoms with Crippen LogP contribution in [-0.4, -0.2) is 90.6 Å². The predicted octanol–water partition coefficient (Wildman–Crippen LogP) is 5.88. The predicted molar refractivity (Wildman–Crippen MR) is 184 cm³/mol. The molecule has 2 saturated heterocycles. The monoisotopic (exact) mass is 713 g/mol. The van der Waals surface area contributed by atoms with Gasteiger partial charge in [-0.25, -0.2) is 18.7 Å². The summed E-state index contributed by atoms with van der Waals surface area (Å²) in [6, 6.07) is 7.31. The van der Waals surface area contributed by atoms with Gasteiger partial charge in [-0.1, -0.05) is 0 Å².